The molecule has 1 fully saturated rings. The molecule has 0 unspecified atom stereocenters. The number of carbonyl (C=O) groups is 2. The molecular weight excluding hydrogens is 568 g/mol. The predicted octanol–water partition coefficient (Wildman–Crippen LogP) is 6.53. The highest BCUT2D eigenvalue weighted by Gasteiger charge is 2.25. The van der Waals surface area contributed by atoms with E-state index in [1.54, 1.807) is 17.2 Å². The van der Waals surface area contributed by atoms with Gasteiger partial charge < -0.3 is 24.4 Å². The lowest BCUT2D eigenvalue weighted by Crippen LogP contribution is -2.50. The first-order valence-corrected chi connectivity index (χ1v) is 15.5. The van der Waals surface area contributed by atoms with E-state index in [0.717, 1.165) is 42.9 Å². The molecule has 9 nitrogen and oxygen atoms in total. The number of anilines is 1. The number of piperazine rings is 1. The minimum atomic E-state index is -0.494. The SMILES string of the molecule is CC(C)(C)OC(=O)N1CCN(CCCNc2cc3c(C(=O)OCc4ccccc4)ccnc3cc2OCc2ccccc2)CC1. The summed E-state index contributed by atoms with van der Waals surface area (Å²) in [5.41, 5.74) is 3.39. The van der Waals surface area contributed by atoms with Crippen molar-refractivity contribution in [3.63, 3.8) is 0 Å². The monoisotopic (exact) mass is 610 g/mol. The zero-order chi connectivity index (χ0) is 31.6. The normalized spacial score (nSPS) is 13.8. The Labute approximate surface area is 265 Å². The van der Waals surface area contributed by atoms with Crippen LogP contribution in [0.25, 0.3) is 10.9 Å². The van der Waals surface area contributed by atoms with Crippen LogP contribution in [0, 0.1) is 0 Å². The molecule has 9 heteroatoms. The van der Waals surface area contributed by atoms with Crippen LogP contribution in [-0.4, -0.2) is 71.7 Å². The van der Waals surface area contributed by atoms with Gasteiger partial charge in [0, 0.05) is 50.4 Å². The molecule has 0 bridgehead atoms. The average Bonchev–Trinajstić information content (AvgIpc) is 3.04. The van der Waals surface area contributed by atoms with E-state index in [1.807, 2.05) is 93.6 Å². The second-order valence-electron chi connectivity index (χ2n) is 12.1. The molecule has 1 N–H and O–H groups in total. The number of aromatic nitrogens is 1. The molecule has 0 spiro atoms. The molecule has 1 aliphatic rings. The molecule has 0 aliphatic carbocycles. The maximum absolute atomic E-state index is 13.2. The molecule has 3 aromatic carbocycles. The Morgan fingerprint density at radius 1 is 0.867 bits per heavy atom. The number of hydrogen-bond donors (Lipinski definition) is 1. The van der Waals surface area contributed by atoms with Gasteiger partial charge in [0.05, 0.1) is 16.8 Å². The molecule has 5 rings (SSSR count). The zero-order valence-electron chi connectivity index (χ0n) is 26.3. The third kappa shape index (κ3) is 9.18. The molecule has 2 heterocycles. The molecule has 1 saturated heterocycles. The van der Waals surface area contributed by atoms with E-state index in [2.05, 4.69) is 15.2 Å². The highest BCUT2D eigenvalue weighted by molar-refractivity contribution is 6.04. The fraction of sp³-hybridized carbons (Fsp3) is 0.361. The Morgan fingerprint density at radius 3 is 2.20 bits per heavy atom. The number of fused-ring (bicyclic) bond motifs is 1. The summed E-state index contributed by atoms with van der Waals surface area (Å²) in [6.07, 6.45) is 2.26. The van der Waals surface area contributed by atoms with Gasteiger partial charge in [-0.1, -0.05) is 60.7 Å². The van der Waals surface area contributed by atoms with E-state index in [1.165, 1.54) is 0 Å². The number of esters is 1. The second kappa shape index (κ2) is 14.9. The van der Waals surface area contributed by atoms with E-state index >= 15 is 0 Å². The van der Waals surface area contributed by atoms with E-state index in [9.17, 15) is 9.59 Å². The minimum absolute atomic E-state index is 0.193. The lowest BCUT2D eigenvalue weighted by atomic mass is 10.1. The molecule has 1 amide bonds. The predicted molar refractivity (Wildman–Crippen MR) is 175 cm³/mol. The van der Waals surface area contributed by atoms with Gasteiger partial charge in [-0.05, 0) is 57.0 Å². The van der Waals surface area contributed by atoms with E-state index in [0.29, 0.717) is 48.5 Å². The Kier molecular flexibility index (Phi) is 10.5. The quantitative estimate of drug-likeness (QED) is 0.152. The summed E-state index contributed by atoms with van der Waals surface area (Å²) in [6, 6.07) is 25.1. The number of nitrogens with zero attached hydrogens (tertiary/aromatic N) is 3. The van der Waals surface area contributed by atoms with Crippen molar-refractivity contribution in [3.05, 3.63) is 102 Å². The molecule has 236 valence electrons. The Hall–Kier alpha value is -4.63. The van der Waals surface area contributed by atoms with E-state index < -0.39 is 11.6 Å². The molecule has 0 radical (unpaired) electrons. The van der Waals surface area contributed by atoms with Crippen molar-refractivity contribution < 1.29 is 23.8 Å². The Balaban J connectivity index is 1.24. The second-order valence-corrected chi connectivity index (χ2v) is 12.1. The summed E-state index contributed by atoms with van der Waals surface area (Å²) in [7, 11) is 0. The van der Waals surface area contributed by atoms with Crippen molar-refractivity contribution >= 4 is 28.7 Å². The minimum Gasteiger partial charge on any atom is -0.487 e. The third-order valence-electron chi connectivity index (χ3n) is 7.50. The molecule has 1 aromatic heterocycles. The number of pyridine rings is 1. The van der Waals surface area contributed by atoms with Gasteiger partial charge in [0.25, 0.3) is 0 Å². The van der Waals surface area contributed by atoms with Crippen molar-refractivity contribution in [2.24, 2.45) is 0 Å². The summed E-state index contributed by atoms with van der Waals surface area (Å²) in [5, 5.41) is 4.24. The maximum atomic E-state index is 13.2. The number of hydrogen-bond acceptors (Lipinski definition) is 8. The number of rotatable bonds is 11. The van der Waals surface area contributed by atoms with Gasteiger partial charge in [-0.25, -0.2) is 9.59 Å². The van der Waals surface area contributed by atoms with Gasteiger partial charge in [-0.15, -0.1) is 0 Å². The van der Waals surface area contributed by atoms with Crippen LogP contribution >= 0.6 is 0 Å². The van der Waals surface area contributed by atoms with Crippen LogP contribution in [0.3, 0.4) is 0 Å². The topological polar surface area (TPSA) is 93.2 Å². The molecular formula is C36H42N4O5. The van der Waals surface area contributed by atoms with Crippen LogP contribution in [0.4, 0.5) is 10.5 Å². The summed E-state index contributed by atoms with van der Waals surface area (Å²) in [6.45, 7) is 10.8. The highest BCUT2D eigenvalue weighted by atomic mass is 16.6. The largest absolute Gasteiger partial charge is 0.487 e. The lowest BCUT2D eigenvalue weighted by molar-refractivity contribution is 0.0145. The number of carbonyl (C=O) groups excluding carboxylic acids is 2. The fourth-order valence-corrected chi connectivity index (χ4v) is 5.15. The summed E-state index contributed by atoms with van der Waals surface area (Å²) in [5.74, 6) is 0.264. The van der Waals surface area contributed by atoms with Gasteiger partial charge in [0.2, 0.25) is 0 Å². The van der Waals surface area contributed by atoms with Crippen LogP contribution in [0.2, 0.25) is 0 Å². The summed E-state index contributed by atoms with van der Waals surface area (Å²) in [4.78, 5) is 34.2. The van der Waals surface area contributed by atoms with Crippen molar-refractivity contribution in [1.29, 1.82) is 0 Å². The van der Waals surface area contributed by atoms with Gasteiger partial charge in [-0.2, -0.15) is 0 Å². The van der Waals surface area contributed by atoms with E-state index in [-0.39, 0.29) is 12.7 Å². The standard InChI is InChI=1S/C36H42N4O5/c1-36(2,3)45-35(42)40-21-19-39(20-22-40)18-10-16-37-32-23-30-29(34(41)44-26-28-13-8-5-9-14-28)15-17-38-31(30)24-33(32)43-25-27-11-6-4-7-12-27/h4-9,11-15,17,23-24,37H,10,16,18-22,25-26H2,1-3H3. The first-order valence-electron chi connectivity index (χ1n) is 15.5. The van der Waals surface area contributed by atoms with Gasteiger partial charge >= 0.3 is 12.1 Å². The van der Waals surface area contributed by atoms with Crippen molar-refractivity contribution in [2.45, 2.75) is 46.0 Å². The third-order valence-corrected chi connectivity index (χ3v) is 7.50. The average molecular weight is 611 g/mol. The Bertz CT molecular complexity index is 1570. The van der Waals surface area contributed by atoms with E-state index in [4.69, 9.17) is 14.2 Å². The van der Waals surface area contributed by atoms with Crippen LogP contribution in [-0.2, 0) is 22.7 Å². The number of benzene rings is 3. The van der Waals surface area contributed by atoms with Crippen LogP contribution in [0.15, 0.2) is 85.1 Å². The summed E-state index contributed by atoms with van der Waals surface area (Å²) < 4.78 is 17.4. The maximum Gasteiger partial charge on any atom is 0.410 e. The van der Waals surface area contributed by atoms with Crippen molar-refractivity contribution in [2.75, 3.05) is 44.6 Å². The molecule has 0 atom stereocenters. The first kappa shape index (κ1) is 31.8. The smallest absolute Gasteiger partial charge is 0.410 e. The molecule has 45 heavy (non-hydrogen) atoms. The molecule has 1 aliphatic heterocycles. The van der Waals surface area contributed by atoms with Crippen LogP contribution < -0.4 is 10.1 Å². The highest BCUT2D eigenvalue weighted by Crippen LogP contribution is 2.32. The fourth-order valence-electron chi connectivity index (χ4n) is 5.15. The number of amides is 1. The van der Waals surface area contributed by atoms with Crippen molar-refractivity contribution in [3.8, 4) is 5.75 Å². The van der Waals surface area contributed by atoms with Gasteiger partial charge in [-0.3, -0.25) is 9.88 Å². The Morgan fingerprint density at radius 2 is 1.53 bits per heavy atom. The van der Waals surface area contributed by atoms with Crippen LogP contribution in [0.1, 0.15) is 48.7 Å². The molecule has 4 aromatic rings. The van der Waals surface area contributed by atoms with Crippen LogP contribution in [0.5, 0.6) is 5.75 Å². The first-order chi connectivity index (χ1) is 21.7. The van der Waals surface area contributed by atoms with Gasteiger partial charge in [0.1, 0.15) is 24.6 Å². The lowest BCUT2D eigenvalue weighted by Gasteiger charge is -2.35. The zero-order valence-corrected chi connectivity index (χ0v) is 26.3. The molecule has 0 saturated carbocycles. The summed E-state index contributed by atoms with van der Waals surface area (Å²) >= 11 is 0. The van der Waals surface area contributed by atoms with Gasteiger partial charge in [0.15, 0.2) is 0 Å². The number of ether oxygens (including phenoxy) is 3. The van der Waals surface area contributed by atoms with Crippen molar-refractivity contribution in [1.82, 2.24) is 14.8 Å². The number of nitrogens with one attached hydrogen (secondary N) is 1.